The molecule has 0 amide bonds. The molecule has 0 unspecified atom stereocenters. The lowest BCUT2D eigenvalue weighted by Gasteiger charge is -2.10. The SMILES string of the molecule is CCNc1nc(-c2ccccc2Cl)nc2ccc(Cl)cc12. The van der Waals surface area contributed by atoms with Crippen LogP contribution in [0.15, 0.2) is 42.5 Å². The van der Waals surface area contributed by atoms with Gasteiger partial charge in [-0.3, -0.25) is 0 Å². The largest absolute Gasteiger partial charge is 0.370 e. The van der Waals surface area contributed by atoms with Gasteiger partial charge in [0.05, 0.1) is 10.5 Å². The number of hydrogen-bond acceptors (Lipinski definition) is 3. The molecule has 0 atom stereocenters. The van der Waals surface area contributed by atoms with Gasteiger partial charge in [0, 0.05) is 22.5 Å². The Morgan fingerprint density at radius 3 is 2.62 bits per heavy atom. The molecule has 0 aliphatic carbocycles. The maximum Gasteiger partial charge on any atom is 0.163 e. The van der Waals surface area contributed by atoms with Crippen molar-refractivity contribution in [3.8, 4) is 11.4 Å². The highest BCUT2D eigenvalue weighted by Gasteiger charge is 2.11. The second kappa shape index (κ2) is 5.88. The van der Waals surface area contributed by atoms with Crippen molar-refractivity contribution in [3.05, 3.63) is 52.5 Å². The molecule has 0 saturated heterocycles. The number of hydrogen-bond donors (Lipinski definition) is 1. The van der Waals surface area contributed by atoms with E-state index in [1.165, 1.54) is 0 Å². The summed E-state index contributed by atoms with van der Waals surface area (Å²) in [6.45, 7) is 2.79. The third kappa shape index (κ3) is 2.80. The average molecular weight is 318 g/mol. The van der Waals surface area contributed by atoms with E-state index in [9.17, 15) is 0 Å². The molecule has 2 aromatic carbocycles. The second-order valence-electron chi connectivity index (χ2n) is 4.57. The van der Waals surface area contributed by atoms with Crippen LogP contribution in [0.4, 0.5) is 5.82 Å². The lowest BCUT2D eigenvalue weighted by atomic mass is 10.2. The van der Waals surface area contributed by atoms with E-state index in [4.69, 9.17) is 23.2 Å². The summed E-state index contributed by atoms with van der Waals surface area (Å²) in [5, 5.41) is 5.45. The highest BCUT2D eigenvalue weighted by Crippen LogP contribution is 2.30. The van der Waals surface area contributed by atoms with E-state index in [1.54, 1.807) is 0 Å². The summed E-state index contributed by atoms with van der Waals surface area (Å²) in [5.41, 5.74) is 1.65. The summed E-state index contributed by atoms with van der Waals surface area (Å²) in [4.78, 5) is 9.19. The molecule has 1 heterocycles. The van der Waals surface area contributed by atoms with Gasteiger partial charge in [-0.2, -0.15) is 0 Å². The van der Waals surface area contributed by atoms with Crippen molar-refractivity contribution in [1.82, 2.24) is 9.97 Å². The smallest absolute Gasteiger partial charge is 0.163 e. The molecule has 0 bridgehead atoms. The van der Waals surface area contributed by atoms with Crippen LogP contribution in [0.25, 0.3) is 22.3 Å². The van der Waals surface area contributed by atoms with Crippen molar-refractivity contribution >= 4 is 39.9 Å². The Labute approximate surface area is 132 Å². The molecule has 1 N–H and O–H groups in total. The van der Waals surface area contributed by atoms with Crippen LogP contribution in [0.5, 0.6) is 0 Å². The fraction of sp³-hybridized carbons (Fsp3) is 0.125. The van der Waals surface area contributed by atoms with Gasteiger partial charge in [0.15, 0.2) is 5.82 Å². The van der Waals surface area contributed by atoms with Gasteiger partial charge in [-0.1, -0.05) is 35.3 Å². The summed E-state index contributed by atoms with van der Waals surface area (Å²) in [6, 6.07) is 13.1. The van der Waals surface area contributed by atoms with Crippen molar-refractivity contribution in [2.45, 2.75) is 6.92 Å². The highest BCUT2D eigenvalue weighted by molar-refractivity contribution is 6.33. The van der Waals surface area contributed by atoms with E-state index in [0.29, 0.717) is 15.9 Å². The Morgan fingerprint density at radius 1 is 1.05 bits per heavy atom. The van der Waals surface area contributed by atoms with Crippen LogP contribution in [0.1, 0.15) is 6.92 Å². The highest BCUT2D eigenvalue weighted by atomic mass is 35.5. The molecule has 0 aliphatic rings. The molecule has 106 valence electrons. The Bertz CT molecular complexity index is 803. The van der Waals surface area contributed by atoms with Crippen molar-refractivity contribution in [3.63, 3.8) is 0 Å². The lowest BCUT2D eigenvalue weighted by molar-refractivity contribution is 1.14. The third-order valence-corrected chi connectivity index (χ3v) is 3.68. The van der Waals surface area contributed by atoms with E-state index < -0.39 is 0 Å². The van der Waals surface area contributed by atoms with Crippen LogP contribution in [0.2, 0.25) is 10.0 Å². The van der Waals surface area contributed by atoms with Gasteiger partial charge in [0.25, 0.3) is 0 Å². The predicted molar refractivity (Wildman–Crippen MR) is 89.2 cm³/mol. The van der Waals surface area contributed by atoms with Gasteiger partial charge in [0.2, 0.25) is 0 Å². The molecular formula is C16H13Cl2N3. The van der Waals surface area contributed by atoms with Crippen molar-refractivity contribution < 1.29 is 0 Å². The van der Waals surface area contributed by atoms with Crippen LogP contribution in [0.3, 0.4) is 0 Å². The van der Waals surface area contributed by atoms with E-state index in [0.717, 1.165) is 28.8 Å². The van der Waals surface area contributed by atoms with Crippen LogP contribution in [-0.2, 0) is 0 Å². The van der Waals surface area contributed by atoms with Gasteiger partial charge < -0.3 is 5.32 Å². The molecule has 0 aliphatic heterocycles. The molecule has 1 aromatic heterocycles. The summed E-state index contributed by atoms with van der Waals surface area (Å²) in [6.07, 6.45) is 0. The van der Waals surface area contributed by atoms with Gasteiger partial charge in [-0.15, -0.1) is 0 Å². The molecule has 3 nitrogen and oxygen atoms in total. The van der Waals surface area contributed by atoms with E-state index in [1.807, 2.05) is 49.4 Å². The van der Waals surface area contributed by atoms with Gasteiger partial charge in [-0.05, 0) is 37.3 Å². The molecule has 5 heteroatoms. The molecule has 0 spiro atoms. The minimum absolute atomic E-state index is 0.603. The lowest BCUT2D eigenvalue weighted by Crippen LogP contribution is -2.03. The predicted octanol–water partition coefficient (Wildman–Crippen LogP) is 5.04. The van der Waals surface area contributed by atoms with Crippen LogP contribution in [-0.4, -0.2) is 16.5 Å². The number of nitrogens with zero attached hydrogens (tertiary/aromatic N) is 2. The minimum atomic E-state index is 0.603. The first-order valence-electron chi connectivity index (χ1n) is 6.65. The number of nitrogens with one attached hydrogen (secondary N) is 1. The molecule has 3 rings (SSSR count). The first-order valence-corrected chi connectivity index (χ1v) is 7.40. The van der Waals surface area contributed by atoms with Crippen molar-refractivity contribution in [1.29, 1.82) is 0 Å². The van der Waals surface area contributed by atoms with Crippen molar-refractivity contribution in [2.75, 3.05) is 11.9 Å². The van der Waals surface area contributed by atoms with Crippen LogP contribution < -0.4 is 5.32 Å². The van der Waals surface area contributed by atoms with Gasteiger partial charge >= 0.3 is 0 Å². The monoisotopic (exact) mass is 317 g/mol. The second-order valence-corrected chi connectivity index (χ2v) is 5.41. The summed E-state index contributed by atoms with van der Waals surface area (Å²) < 4.78 is 0. The molecule has 21 heavy (non-hydrogen) atoms. The van der Waals surface area contributed by atoms with Crippen molar-refractivity contribution in [2.24, 2.45) is 0 Å². The zero-order valence-corrected chi connectivity index (χ0v) is 12.9. The maximum absolute atomic E-state index is 6.24. The zero-order valence-electron chi connectivity index (χ0n) is 11.4. The van der Waals surface area contributed by atoms with Crippen LogP contribution >= 0.6 is 23.2 Å². The summed E-state index contributed by atoms with van der Waals surface area (Å²) >= 11 is 12.3. The topological polar surface area (TPSA) is 37.8 Å². The van der Waals surface area contributed by atoms with Gasteiger partial charge in [0.1, 0.15) is 5.82 Å². The molecule has 0 fully saturated rings. The molecule has 3 aromatic rings. The van der Waals surface area contributed by atoms with Gasteiger partial charge in [-0.25, -0.2) is 9.97 Å². The number of aromatic nitrogens is 2. The van der Waals surface area contributed by atoms with E-state index >= 15 is 0 Å². The van der Waals surface area contributed by atoms with E-state index in [-0.39, 0.29) is 0 Å². The Kier molecular flexibility index (Phi) is 3.95. The number of rotatable bonds is 3. The first-order chi connectivity index (χ1) is 10.2. The third-order valence-electron chi connectivity index (χ3n) is 3.12. The Hall–Kier alpha value is -1.84. The zero-order chi connectivity index (χ0) is 14.8. The number of benzene rings is 2. The maximum atomic E-state index is 6.24. The fourth-order valence-corrected chi connectivity index (χ4v) is 2.56. The summed E-state index contributed by atoms with van der Waals surface area (Å²) in [7, 11) is 0. The Morgan fingerprint density at radius 2 is 1.86 bits per heavy atom. The minimum Gasteiger partial charge on any atom is -0.370 e. The van der Waals surface area contributed by atoms with Crippen LogP contribution in [0, 0.1) is 0 Å². The van der Waals surface area contributed by atoms with E-state index in [2.05, 4.69) is 15.3 Å². The number of halogens is 2. The molecule has 0 radical (unpaired) electrons. The quantitative estimate of drug-likeness (QED) is 0.735. The standard InChI is InChI=1S/C16H13Cl2N3/c1-2-19-15-12-9-10(17)7-8-14(12)20-16(21-15)11-5-3-4-6-13(11)18/h3-9H,2H2,1H3,(H,19,20,21). The molecular weight excluding hydrogens is 305 g/mol. The molecule has 0 saturated carbocycles. The average Bonchev–Trinajstić information content (AvgIpc) is 2.48. The first kappa shape index (κ1) is 14.1. The number of fused-ring (bicyclic) bond motifs is 1. The Balaban J connectivity index is 2.26. The fourth-order valence-electron chi connectivity index (χ4n) is 2.17. The normalized spacial score (nSPS) is 10.8. The summed E-state index contributed by atoms with van der Waals surface area (Å²) in [5.74, 6) is 1.37. The number of anilines is 1.